The van der Waals surface area contributed by atoms with E-state index in [0.29, 0.717) is 6.04 Å². The van der Waals surface area contributed by atoms with Crippen LogP contribution in [0.15, 0.2) is 10.2 Å². The van der Waals surface area contributed by atoms with Gasteiger partial charge >= 0.3 is 56.5 Å². The van der Waals surface area contributed by atoms with Gasteiger partial charge < -0.3 is 0 Å². The third kappa shape index (κ3) is 640. The maximum absolute atomic E-state index is 7.50. The molecule has 0 saturated heterocycles. The summed E-state index contributed by atoms with van der Waals surface area (Å²) >= 11 is 0. The maximum atomic E-state index is 7.50. The van der Waals surface area contributed by atoms with E-state index in [4.69, 9.17) is 23.3 Å². The van der Waals surface area contributed by atoms with Crippen LogP contribution in [-0.2, 0) is 44.3 Å². The average molecular weight is 410 g/mol. The molecule has 0 radical (unpaired) electrons. The van der Waals surface area contributed by atoms with Crippen molar-refractivity contribution in [1.29, 1.82) is 0 Å². The standard InChI is InChI=1S/C4H10N2.5CO.W/c1-4(2)6-5-3;5*1-2;/h4H,1-3H3;;;;;;. The molecule has 0 aliphatic carbocycles. The van der Waals surface area contributed by atoms with Crippen LogP contribution in [0.1, 0.15) is 13.8 Å². The topological polar surface area (TPSA) is 124 Å². The smallest absolute Gasteiger partial charge is 0 e. The number of rotatable bonds is 1. The van der Waals surface area contributed by atoms with Gasteiger partial charge in [-0.2, -0.15) is 10.2 Å². The van der Waals surface area contributed by atoms with E-state index in [9.17, 15) is 0 Å². The molecular formula is C9H10N2O5W. The van der Waals surface area contributed by atoms with Crippen molar-refractivity contribution in [3.63, 3.8) is 0 Å². The Morgan fingerprint density at radius 3 is 0.882 bits per heavy atom. The molecule has 0 aromatic heterocycles. The molecule has 8 heteroatoms. The Morgan fingerprint density at radius 2 is 0.882 bits per heavy atom. The summed E-state index contributed by atoms with van der Waals surface area (Å²) in [6.45, 7) is 26.5. The van der Waals surface area contributed by atoms with Gasteiger partial charge in [0.2, 0.25) is 0 Å². The summed E-state index contributed by atoms with van der Waals surface area (Å²) in [5.41, 5.74) is 0. The zero-order chi connectivity index (χ0) is 15.0. The molecule has 0 aliphatic heterocycles. The Morgan fingerprint density at radius 1 is 0.706 bits per heavy atom. The SMILES string of the molecule is CN=NC(C)C.[C-]#[O+].[C-]#[O+].[C-]#[O+].[C-]#[O+].[C-]#[O+].[W]. The first-order valence-electron chi connectivity index (χ1n) is 3.08. The number of hydrogen-bond donors (Lipinski definition) is 0. The van der Waals surface area contributed by atoms with Crippen molar-refractivity contribution in [2.75, 3.05) is 7.05 Å². The Hall–Kier alpha value is -1.01. The molecule has 0 spiro atoms. The molecule has 0 bridgehead atoms. The Kier molecular flexibility index (Phi) is 482. The molecule has 0 saturated carbocycles. The summed E-state index contributed by atoms with van der Waals surface area (Å²) in [6.07, 6.45) is 0. The van der Waals surface area contributed by atoms with Gasteiger partial charge in [0.25, 0.3) is 0 Å². The van der Waals surface area contributed by atoms with Crippen molar-refractivity contribution >= 4 is 0 Å². The van der Waals surface area contributed by atoms with Crippen molar-refractivity contribution in [3.8, 4) is 0 Å². The third-order valence-corrected chi connectivity index (χ3v) is 0.346. The molecule has 0 unspecified atom stereocenters. The predicted octanol–water partition coefficient (Wildman–Crippen LogP) is 1.29. The van der Waals surface area contributed by atoms with Crippen LogP contribution in [0.2, 0.25) is 0 Å². The normalized spacial score (nSPS) is 4.59. The third-order valence-electron chi connectivity index (χ3n) is 0.346. The second-order valence-electron chi connectivity index (χ2n) is 1.41. The first kappa shape index (κ1) is 44.5. The van der Waals surface area contributed by atoms with Gasteiger partial charge in [0.1, 0.15) is 0 Å². The first-order valence-corrected chi connectivity index (χ1v) is 3.08. The molecule has 0 fully saturated rings. The fourth-order valence-electron chi connectivity index (χ4n) is 0.231. The Balaban J connectivity index is -0.0000000158. The van der Waals surface area contributed by atoms with E-state index in [1.165, 1.54) is 0 Å². The van der Waals surface area contributed by atoms with E-state index in [1.807, 2.05) is 13.8 Å². The van der Waals surface area contributed by atoms with Crippen LogP contribution in [0.3, 0.4) is 0 Å². The molecule has 7 nitrogen and oxygen atoms in total. The number of azo groups is 1. The van der Waals surface area contributed by atoms with Gasteiger partial charge in [-0.15, -0.1) is 0 Å². The van der Waals surface area contributed by atoms with E-state index in [0.717, 1.165) is 0 Å². The first-order chi connectivity index (χ1) is 7.77. The Bertz CT molecular complexity index is 171. The zero-order valence-corrected chi connectivity index (χ0v) is 12.4. The van der Waals surface area contributed by atoms with Crippen LogP contribution < -0.4 is 0 Å². The summed E-state index contributed by atoms with van der Waals surface area (Å²) < 4.78 is 37.5. The van der Waals surface area contributed by atoms with Crippen LogP contribution in [0.25, 0.3) is 0 Å². The van der Waals surface area contributed by atoms with E-state index in [-0.39, 0.29) is 21.1 Å². The van der Waals surface area contributed by atoms with Gasteiger partial charge in [-0.1, -0.05) is 0 Å². The second-order valence-corrected chi connectivity index (χ2v) is 1.41. The fourth-order valence-corrected chi connectivity index (χ4v) is 0.231. The molecule has 0 aromatic carbocycles. The largest absolute Gasteiger partial charge is 0 e. The maximum Gasteiger partial charge on any atom is 0 e. The fraction of sp³-hybridized carbons (Fsp3) is 0.444. The van der Waals surface area contributed by atoms with Gasteiger partial charge in [-0.25, -0.2) is 0 Å². The zero-order valence-electron chi connectivity index (χ0n) is 9.42. The predicted molar refractivity (Wildman–Crippen MR) is 45.6 cm³/mol. The van der Waals surface area contributed by atoms with Crippen LogP contribution in [0.5, 0.6) is 0 Å². The van der Waals surface area contributed by atoms with Crippen LogP contribution in [0.4, 0.5) is 0 Å². The molecule has 17 heavy (non-hydrogen) atoms. The summed E-state index contributed by atoms with van der Waals surface area (Å²) in [6, 6.07) is 0.356. The second kappa shape index (κ2) is 184. The average Bonchev–Trinajstić information content (AvgIpc) is 2.41. The summed E-state index contributed by atoms with van der Waals surface area (Å²) in [4.78, 5) is 0. The van der Waals surface area contributed by atoms with Crippen molar-refractivity contribution in [3.05, 3.63) is 33.3 Å². The van der Waals surface area contributed by atoms with Crippen LogP contribution in [-0.4, -0.2) is 13.1 Å². The molecule has 0 amide bonds. The number of hydrogen-bond acceptors (Lipinski definition) is 2. The quantitative estimate of drug-likeness (QED) is 0.351. The van der Waals surface area contributed by atoms with Crippen LogP contribution in [0, 0.1) is 33.3 Å². The van der Waals surface area contributed by atoms with Gasteiger partial charge in [0.05, 0.1) is 6.04 Å². The van der Waals surface area contributed by atoms with E-state index in [2.05, 4.69) is 43.5 Å². The van der Waals surface area contributed by atoms with E-state index < -0.39 is 0 Å². The molecule has 0 rings (SSSR count). The van der Waals surface area contributed by atoms with Crippen molar-refractivity contribution in [2.24, 2.45) is 10.2 Å². The molecule has 0 aliphatic rings. The van der Waals surface area contributed by atoms with Gasteiger partial charge in [-0.05, 0) is 13.8 Å². The molecule has 0 aromatic rings. The van der Waals surface area contributed by atoms with Gasteiger partial charge in [-0.3, -0.25) is 0 Å². The van der Waals surface area contributed by atoms with Gasteiger partial charge in [0, 0.05) is 28.1 Å². The minimum Gasteiger partial charge on any atom is 0 e. The van der Waals surface area contributed by atoms with Crippen LogP contribution >= 0.6 is 0 Å². The summed E-state index contributed by atoms with van der Waals surface area (Å²) in [5, 5.41) is 7.31. The molecular weight excluding hydrogens is 400 g/mol. The van der Waals surface area contributed by atoms with E-state index >= 15 is 0 Å². The van der Waals surface area contributed by atoms with Crippen molar-refractivity contribution in [1.82, 2.24) is 0 Å². The molecule has 0 heterocycles. The minimum absolute atomic E-state index is 0. The van der Waals surface area contributed by atoms with Gasteiger partial charge in [0.15, 0.2) is 0 Å². The summed E-state index contributed by atoms with van der Waals surface area (Å²) in [5.74, 6) is 0. The van der Waals surface area contributed by atoms with Crippen molar-refractivity contribution in [2.45, 2.75) is 19.9 Å². The van der Waals surface area contributed by atoms with E-state index in [1.54, 1.807) is 7.05 Å². The minimum atomic E-state index is 0. The molecule has 0 N–H and O–H groups in total. The number of nitrogens with zero attached hydrogens (tertiary/aromatic N) is 2. The summed E-state index contributed by atoms with van der Waals surface area (Å²) in [7, 11) is 1.68. The molecule has 0 atom stereocenters. The van der Waals surface area contributed by atoms with Crippen molar-refractivity contribution < 1.29 is 44.3 Å². The molecule has 92 valence electrons. The monoisotopic (exact) mass is 410 g/mol. The Labute approximate surface area is 115 Å².